The molecule has 2 amide bonds. The Hall–Kier alpha value is -2.04. The molecule has 0 radical (unpaired) electrons. The summed E-state index contributed by atoms with van der Waals surface area (Å²) in [4.78, 5) is 27.2. The van der Waals surface area contributed by atoms with Gasteiger partial charge >= 0.3 is 0 Å². The monoisotopic (exact) mass is 420 g/mol. The van der Waals surface area contributed by atoms with E-state index in [9.17, 15) is 9.59 Å². The van der Waals surface area contributed by atoms with Gasteiger partial charge in [-0.05, 0) is 51.0 Å². The van der Waals surface area contributed by atoms with Crippen LogP contribution in [0.4, 0.5) is 0 Å². The van der Waals surface area contributed by atoms with Gasteiger partial charge in [-0.2, -0.15) is 0 Å². The van der Waals surface area contributed by atoms with Gasteiger partial charge < -0.3 is 10.2 Å². The molecule has 4 nitrogen and oxygen atoms in total. The summed E-state index contributed by atoms with van der Waals surface area (Å²) in [6, 6.07) is 12.5. The van der Waals surface area contributed by atoms with Gasteiger partial charge in [-0.1, -0.05) is 59.1 Å². The van der Waals surface area contributed by atoms with Gasteiger partial charge in [0.1, 0.15) is 6.04 Å². The molecule has 0 fully saturated rings. The van der Waals surface area contributed by atoms with Gasteiger partial charge in [0.15, 0.2) is 0 Å². The van der Waals surface area contributed by atoms with E-state index in [1.807, 2.05) is 45.0 Å². The third-order valence-electron chi connectivity index (χ3n) is 4.41. The van der Waals surface area contributed by atoms with Gasteiger partial charge in [-0.25, -0.2) is 0 Å². The van der Waals surface area contributed by atoms with Gasteiger partial charge in [0.25, 0.3) is 0 Å². The maximum atomic E-state index is 13.1. The standard InChI is InChI=1S/C22H26Cl2N2O2/c1-14(2)25-22(28)16(4)26(13-17-7-5-15(3)6-8-17)21(27)12-18-9-10-19(23)20(24)11-18/h5-11,14,16H,12-13H2,1-4H3,(H,25,28)/t16-/m0/s1. The Morgan fingerprint density at radius 2 is 1.57 bits per heavy atom. The van der Waals surface area contributed by atoms with Gasteiger partial charge in [0.05, 0.1) is 16.5 Å². The maximum absolute atomic E-state index is 13.1. The van der Waals surface area contributed by atoms with Crippen LogP contribution in [0, 0.1) is 6.92 Å². The molecule has 2 rings (SSSR count). The molecule has 0 bridgehead atoms. The van der Waals surface area contributed by atoms with Crippen LogP contribution in [-0.4, -0.2) is 28.8 Å². The second-order valence-electron chi connectivity index (χ2n) is 7.27. The lowest BCUT2D eigenvalue weighted by Crippen LogP contribution is -2.49. The molecule has 0 saturated heterocycles. The Labute approximate surface area is 176 Å². The summed E-state index contributed by atoms with van der Waals surface area (Å²) >= 11 is 12.0. The molecular formula is C22H26Cl2N2O2. The van der Waals surface area contributed by atoms with Crippen LogP contribution in [0.1, 0.15) is 37.5 Å². The topological polar surface area (TPSA) is 49.4 Å². The third kappa shape index (κ3) is 6.25. The van der Waals surface area contributed by atoms with Crippen molar-refractivity contribution in [1.29, 1.82) is 0 Å². The fourth-order valence-electron chi connectivity index (χ4n) is 2.80. The van der Waals surface area contributed by atoms with E-state index in [1.165, 1.54) is 0 Å². The highest BCUT2D eigenvalue weighted by molar-refractivity contribution is 6.42. The summed E-state index contributed by atoms with van der Waals surface area (Å²) in [7, 11) is 0. The third-order valence-corrected chi connectivity index (χ3v) is 5.15. The summed E-state index contributed by atoms with van der Waals surface area (Å²) in [5.41, 5.74) is 2.87. The molecule has 1 N–H and O–H groups in total. The zero-order valence-corrected chi connectivity index (χ0v) is 18.1. The van der Waals surface area contributed by atoms with Crippen LogP contribution >= 0.6 is 23.2 Å². The van der Waals surface area contributed by atoms with E-state index in [0.29, 0.717) is 16.6 Å². The Morgan fingerprint density at radius 3 is 2.14 bits per heavy atom. The average Bonchev–Trinajstić information content (AvgIpc) is 2.63. The summed E-state index contributed by atoms with van der Waals surface area (Å²) in [6.45, 7) is 7.90. The van der Waals surface area contributed by atoms with Crippen LogP contribution in [0.25, 0.3) is 0 Å². The smallest absolute Gasteiger partial charge is 0.242 e. The van der Waals surface area contributed by atoms with E-state index in [4.69, 9.17) is 23.2 Å². The number of nitrogens with one attached hydrogen (secondary N) is 1. The van der Waals surface area contributed by atoms with Gasteiger partial charge in [0.2, 0.25) is 11.8 Å². The molecule has 1 atom stereocenters. The molecule has 150 valence electrons. The zero-order valence-electron chi connectivity index (χ0n) is 16.6. The maximum Gasteiger partial charge on any atom is 0.242 e. The van der Waals surface area contributed by atoms with E-state index in [2.05, 4.69) is 5.32 Å². The molecule has 6 heteroatoms. The zero-order chi connectivity index (χ0) is 20.8. The van der Waals surface area contributed by atoms with Crippen LogP contribution in [0.2, 0.25) is 10.0 Å². The van der Waals surface area contributed by atoms with Gasteiger partial charge in [0, 0.05) is 12.6 Å². The van der Waals surface area contributed by atoms with E-state index in [-0.39, 0.29) is 24.3 Å². The number of carbonyl (C=O) groups is 2. The highest BCUT2D eigenvalue weighted by atomic mass is 35.5. The van der Waals surface area contributed by atoms with Crippen LogP contribution < -0.4 is 5.32 Å². The van der Waals surface area contributed by atoms with Crippen molar-refractivity contribution < 1.29 is 9.59 Å². The number of hydrogen-bond acceptors (Lipinski definition) is 2. The first kappa shape index (κ1) is 22.3. The molecule has 0 aromatic heterocycles. The number of carbonyl (C=O) groups excluding carboxylic acids is 2. The number of hydrogen-bond donors (Lipinski definition) is 1. The first-order valence-electron chi connectivity index (χ1n) is 9.26. The summed E-state index contributed by atoms with van der Waals surface area (Å²) < 4.78 is 0. The quantitative estimate of drug-likeness (QED) is 0.699. The first-order valence-corrected chi connectivity index (χ1v) is 10.0. The van der Waals surface area contributed by atoms with E-state index in [0.717, 1.165) is 16.7 Å². The minimum Gasteiger partial charge on any atom is -0.352 e. The first-order chi connectivity index (χ1) is 13.2. The second kappa shape index (κ2) is 9.94. The number of nitrogens with zero attached hydrogens (tertiary/aromatic N) is 1. The van der Waals surface area contributed by atoms with Crippen LogP contribution in [-0.2, 0) is 22.6 Å². The molecule has 0 aliphatic rings. The highest BCUT2D eigenvalue weighted by Crippen LogP contribution is 2.23. The Morgan fingerprint density at radius 1 is 0.964 bits per heavy atom. The summed E-state index contributed by atoms with van der Waals surface area (Å²) in [5, 5.41) is 3.73. The molecule has 28 heavy (non-hydrogen) atoms. The van der Waals surface area contributed by atoms with E-state index < -0.39 is 6.04 Å². The fraction of sp³-hybridized carbons (Fsp3) is 0.364. The minimum atomic E-state index is -0.598. The second-order valence-corrected chi connectivity index (χ2v) is 8.09. The molecule has 0 unspecified atom stereocenters. The number of amides is 2. The molecule has 2 aromatic carbocycles. The van der Waals surface area contributed by atoms with Crippen molar-refractivity contribution in [2.24, 2.45) is 0 Å². The van der Waals surface area contributed by atoms with Gasteiger partial charge in [-0.3, -0.25) is 9.59 Å². The molecule has 2 aromatic rings. The normalized spacial score (nSPS) is 12.0. The predicted molar refractivity (Wildman–Crippen MR) is 115 cm³/mol. The Balaban J connectivity index is 2.24. The van der Waals surface area contributed by atoms with Crippen molar-refractivity contribution in [3.63, 3.8) is 0 Å². The molecule has 0 aliphatic heterocycles. The van der Waals surface area contributed by atoms with Crippen molar-refractivity contribution in [2.75, 3.05) is 0 Å². The van der Waals surface area contributed by atoms with Crippen molar-refractivity contribution >= 4 is 35.0 Å². The number of rotatable bonds is 7. The molecule has 0 heterocycles. The number of halogens is 2. The molecular weight excluding hydrogens is 395 g/mol. The Kier molecular flexibility index (Phi) is 7.90. The lowest BCUT2D eigenvalue weighted by Gasteiger charge is -2.29. The van der Waals surface area contributed by atoms with E-state index >= 15 is 0 Å². The van der Waals surface area contributed by atoms with Crippen molar-refractivity contribution in [2.45, 2.75) is 52.7 Å². The lowest BCUT2D eigenvalue weighted by molar-refractivity contribution is -0.140. The van der Waals surface area contributed by atoms with Crippen molar-refractivity contribution in [1.82, 2.24) is 10.2 Å². The van der Waals surface area contributed by atoms with Crippen molar-refractivity contribution in [3.05, 3.63) is 69.2 Å². The fourth-order valence-corrected chi connectivity index (χ4v) is 3.12. The van der Waals surface area contributed by atoms with Gasteiger partial charge in [-0.15, -0.1) is 0 Å². The largest absolute Gasteiger partial charge is 0.352 e. The van der Waals surface area contributed by atoms with Crippen LogP contribution in [0.3, 0.4) is 0 Å². The predicted octanol–water partition coefficient (Wildman–Crippen LogP) is 4.79. The van der Waals surface area contributed by atoms with E-state index in [1.54, 1.807) is 30.0 Å². The summed E-state index contributed by atoms with van der Waals surface area (Å²) in [5.74, 6) is -0.324. The molecule has 0 aliphatic carbocycles. The molecule has 0 saturated carbocycles. The highest BCUT2D eigenvalue weighted by Gasteiger charge is 2.26. The lowest BCUT2D eigenvalue weighted by atomic mass is 10.1. The summed E-state index contributed by atoms with van der Waals surface area (Å²) in [6.07, 6.45) is 0.141. The van der Waals surface area contributed by atoms with Crippen LogP contribution in [0.15, 0.2) is 42.5 Å². The SMILES string of the molecule is Cc1ccc(CN(C(=O)Cc2ccc(Cl)c(Cl)c2)[C@@H](C)C(=O)NC(C)C)cc1. The molecule has 0 spiro atoms. The average molecular weight is 421 g/mol. The Bertz CT molecular complexity index is 835. The van der Waals surface area contributed by atoms with Crippen molar-refractivity contribution in [3.8, 4) is 0 Å². The minimum absolute atomic E-state index is 0.00125. The number of benzene rings is 2. The van der Waals surface area contributed by atoms with Crippen LogP contribution in [0.5, 0.6) is 0 Å². The number of aryl methyl sites for hydroxylation is 1.